The van der Waals surface area contributed by atoms with Crippen molar-refractivity contribution in [3.63, 3.8) is 0 Å². The first kappa shape index (κ1) is 11.7. The third-order valence-electron chi connectivity index (χ3n) is 2.33. The summed E-state index contributed by atoms with van der Waals surface area (Å²) in [5, 5.41) is 9.55. The Morgan fingerprint density at radius 2 is 2.00 bits per heavy atom. The maximum absolute atomic E-state index is 9.55. The van der Waals surface area contributed by atoms with Gasteiger partial charge in [0.15, 0.2) is 0 Å². The molecule has 0 saturated carbocycles. The maximum atomic E-state index is 9.55. The third-order valence-corrected chi connectivity index (χ3v) is 2.33. The first-order valence-electron chi connectivity index (χ1n) is 5.03. The fourth-order valence-electron chi connectivity index (χ4n) is 1.20. The molecule has 72 valence electrons. The van der Waals surface area contributed by atoms with Crippen molar-refractivity contribution >= 4 is 0 Å². The van der Waals surface area contributed by atoms with Gasteiger partial charge in [0.05, 0.1) is 6.10 Å². The Labute approximate surface area is 76.5 Å². The zero-order chi connectivity index (χ0) is 9.40. The van der Waals surface area contributed by atoms with Crippen LogP contribution in [0.1, 0.15) is 46.0 Å². The lowest BCUT2D eigenvalue weighted by molar-refractivity contribution is 0.125. The van der Waals surface area contributed by atoms with Gasteiger partial charge in [0.25, 0.3) is 0 Å². The summed E-state index contributed by atoms with van der Waals surface area (Å²) in [5.41, 5.74) is 0. The van der Waals surface area contributed by atoms with Crippen molar-refractivity contribution < 1.29 is 5.11 Å². The van der Waals surface area contributed by atoms with Crippen LogP contribution in [0.2, 0.25) is 0 Å². The van der Waals surface area contributed by atoms with Gasteiger partial charge >= 0.3 is 0 Å². The minimum atomic E-state index is -0.181. The smallest absolute Gasteiger partial charge is 0.0600 e. The summed E-state index contributed by atoms with van der Waals surface area (Å²) in [7, 11) is 0. The average Bonchev–Trinajstić information content (AvgIpc) is 2.10. The lowest BCUT2D eigenvalue weighted by atomic mass is 9.99. The summed E-state index contributed by atoms with van der Waals surface area (Å²) in [5.74, 6) is 0.242. The highest BCUT2D eigenvalue weighted by molar-refractivity contribution is 4.80. The molecule has 0 radical (unpaired) electrons. The summed E-state index contributed by atoms with van der Waals surface area (Å²) >= 11 is 0. The zero-order valence-electron chi connectivity index (χ0n) is 8.42. The number of hydrogen-bond donors (Lipinski definition) is 1. The third kappa shape index (κ3) is 5.36. The molecular formula is C11H22O. The van der Waals surface area contributed by atoms with Crippen molar-refractivity contribution in [1.82, 2.24) is 0 Å². The normalized spacial score (nSPS) is 15.6. The molecule has 1 heteroatoms. The second-order valence-corrected chi connectivity index (χ2v) is 3.51. The average molecular weight is 170 g/mol. The van der Waals surface area contributed by atoms with Crippen LogP contribution in [0.15, 0.2) is 12.7 Å². The Morgan fingerprint density at radius 1 is 1.33 bits per heavy atom. The van der Waals surface area contributed by atoms with Gasteiger partial charge in [-0.15, -0.1) is 6.58 Å². The van der Waals surface area contributed by atoms with Crippen molar-refractivity contribution in [2.45, 2.75) is 52.1 Å². The summed E-state index contributed by atoms with van der Waals surface area (Å²) in [4.78, 5) is 0. The summed E-state index contributed by atoms with van der Waals surface area (Å²) in [6.45, 7) is 7.87. The molecule has 0 aliphatic heterocycles. The number of aliphatic hydroxyl groups is 1. The molecule has 2 atom stereocenters. The van der Waals surface area contributed by atoms with Crippen LogP contribution in [0.3, 0.4) is 0 Å². The molecule has 0 spiro atoms. The molecule has 0 aliphatic rings. The Balaban J connectivity index is 3.30. The maximum Gasteiger partial charge on any atom is 0.0600 e. The van der Waals surface area contributed by atoms with Gasteiger partial charge in [-0.05, 0) is 12.3 Å². The molecule has 0 aromatic heterocycles. The summed E-state index contributed by atoms with van der Waals surface area (Å²) in [6.07, 6.45) is 7.50. The van der Waals surface area contributed by atoms with E-state index in [1.807, 2.05) is 13.0 Å². The van der Waals surface area contributed by atoms with Gasteiger partial charge in [-0.2, -0.15) is 0 Å². The first-order chi connectivity index (χ1) is 5.72. The Bertz CT molecular complexity index is 110. The van der Waals surface area contributed by atoms with E-state index in [1.54, 1.807) is 0 Å². The van der Waals surface area contributed by atoms with Crippen molar-refractivity contribution in [1.29, 1.82) is 0 Å². The first-order valence-corrected chi connectivity index (χ1v) is 5.03. The van der Waals surface area contributed by atoms with E-state index in [0.717, 1.165) is 12.8 Å². The van der Waals surface area contributed by atoms with Gasteiger partial charge < -0.3 is 5.11 Å². The van der Waals surface area contributed by atoms with Crippen molar-refractivity contribution in [2.24, 2.45) is 5.92 Å². The topological polar surface area (TPSA) is 20.2 Å². The van der Waals surface area contributed by atoms with Gasteiger partial charge in [-0.3, -0.25) is 0 Å². The van der Waals surface area contributed by atoms with Gasteiger partial charge in [0.1, 0.15) is 0 Å². The molecule has 0 bridgehead atoms. The lowest BCUT2D eigenvalue weighted by Crippen LogP contribution is -2.14. The van der Waals surface area contributed by atoms with E-state index >= 15 is 0 Å². The van der Waals surface area contributed by atoms with Crippen LogP contribution in [0.25, 0.3) is 0 Å². The molecule has 0 fully saturated rings. The van der Waals surface area contributed by atoms with Gasteiger partial charge in [0, 0.05) is 0 Å². The molecule has 0 amide bonds. The van der Waals surface area contributed by atoms with Crippen molar-refractivity contribution in [3.05, 3.63) is 12.7 Å². The number of rotatable bonds is 7. The number of unbranched alkanes of at least 4 members (excludes halogenated alkanes) is 3. The van der Waals surface area contributed by atoms with E-state index in [9.17, 15) is 5.11 Å². The van der Waals surface area contributed by atoms with Crippen molar-refractivity contribution in [2.75, 3.05) is 0 Å². The molecule has 1 nitrogen and oxygen atoms in total. The van der Waals surface area contributed by atoms with Crippen LogP contribution in [-0.2, 0) is 0 Å². The Hall–Kier alpha value is -0.300. The quantitative estimate of drug-likeness (QED) is 0.459. The van der Waals surface area contributed by atoms with Crippen LogP contribution in [-0.4, -0.2) is 11.2 Å². The second-order valence-electron chi connectivity index (χ2n) is 3.51. The van der Waals surface area contributed by atoms with E-state index in [1.165, 1.54) is 19.3 Å². The SMILES string of the molecule is C=C[C@@H](C)[C@H](O)CCCCCC. The van der Waals surface area contributed by atoms with Gasteiger partial charge in [-0.1, -0.05) is 45.6 Å². The predicted molar refractivity (Wildman–Crippen MR) is 54.1 cm³/mol. The molecule has 1 N–H and O–H groups in total. The molecule has 0 heterocycles. The summed E-state index contributed by atoms with van der Waals surface area (Å²) < 4.78 is 0. The largest absolute Gasteiger partial charge is 0.393 e. The molecule has 0 saturated heterocycles. The molecule has 0 aliphatic carbocycles. The second kappa shape index (κ2) is 7.35. The zero-order valence-corrected chi connectivity index (χ0v) is 8.42. The van der Waals surface area contributed by atoms with E-state index in [-0.39, 0.29) is 12.0 Å². The van der Waals surface area contributed by atoms with Gasteiger partial charge in [0.2, 0.25) is 0 Å². The van der Waals surface area contributed by atoms with Crippen LogP contribution in [0.5, 0.6) is 0 Å². The summed E-state index contributed by atoms with van der Waals surface area (Å²) in [6, 6.07) is 0. The highest BCUT2D eigenvalue weighted by atomic mass is 16.3. The minimum Gasteiger partial charge on any atom is -0.393 e. The minimum absolute atomic E-state index is 0.181. The fourth-order valence-corrected chi connectivity index (χ4v) is 1.20. The molecule has 0 aromatic rings. The molecule has 0 aromatic carbocycles. The van der Waals surface area contributed by atoms with Crippen LogP contribution >= 0.6 is 0 Å². The highest BCUT2D eigenvalue weighted by Gasteiger charge is 2.09. The molecule has 0 unspecified atom stereocenters. The van der Waals surface area contributed by atoms with Crippen LogP contribution in [0.4, 0.5) is 0 Å². The van der Waals surface area contributed by atoms with E-state index in [0.29, 0.717) is 0 Å². The standard InChI is InChI=1S/C11H22O/c1-4-6-7-8-9-11(12)10(3)5-2/h5,10-12H,2,4,6-9H2,1,3H3/t10-,11-/m1/s1. The monoisotopic (exact) mass is 170 g/mol. The van der Waals surface area contributed by atoms with E-state index in [4.69, 9.17) is 0 Å². The van der Waals surface area contributed by atoms with Gasteiger partial charge in [-0.25, -0.2) is 0 Å². The molecule has 0 rings (SSSR count). The number of hydrogen-bond acceptors (Lipinski definition) is 1. The Morgan fingerprint density at radius 3 is 2.50 bits per heavy atom. The van der Waals surface area contributed by atoms with Crippen molar-refractivity contribution in [3.8, 4) is 0 Å². The Kier molecular flexibility index (Phi) is 7.17. The molecular weight excluding hydrogens is 148 g/mol. The number of aliphatic hydroxyl groups excluding tert-OH is 1. The van der Waals surface area contributed by atoms with Crippen LogP contribution in [0, 0.1) is 5.92 Å². The predicted octanol–water partition coefficient (Wildman–Crippen LogP) is 3.14. The lowest BCUT2D eigenvalue weighted by Gasteiger charge is -2.14. The van der Waals surface area contributed by atoms with E-state index < -0.39 is 0 Å². The molecule has 12 heavy (non-hydrogen) atoms. The van der Waals surface area contributed by atoms with E-state index in [2.05, 4.69) is 13.5 Å². The van der Waals surface area contributed by atoms with Crippen LogP contribution < -0.4 is 0 Å². The fraction of sp³-hybridized carbons (Fsp3) is 0.818. The highest BCUT2D eigenvalue weighted by Crippen LogP contribution is 2.12.